The van der Waals surface area contributed by atoms with Gasteiger partial charge in [-0.25, -0.2) is 4.79 Å². The average molecular weight is 230 g/mol. The number of pyridine rings is 1. The average Bonchev–Trinajstić information content (AvgIpc) is 2.29. The molecule has 1 aromatic carbocycles. The van der Waals surface area contributed by atoms with Crippen molar-refractivity contribution >= 4 is 17.3 Å². The van der Waals surface area contributed by atoms with Crippen LogP contribution in [-0.2, 0) is 0 Å². The number of phenols is 1. The Kier molecular flexibility index (Phi) is 2.91. The Balaban J connectivity index is 2.33. The number of carbonyl (C=O) groups is 1. The van der Waals surface area contributed by atoms with Gasteiger partial charge < -0.3 is 15.5 Å². The number of aromatic hydroxyl groups is 1. The minimum Gasteiger partial charge on any atom is -0.508 e. The number of phenolic OH excluding ortho intramolecular Hbond substituents is 1. The van der Waals surface area contributed by atoms with E-state index >= 15 is 0 Å². The summed E-state index contributed by atoms with van der Waals surface area (Å²) in [5.41, 5.74) is 1.12. The smallest absolute Gasteiger partial charge is 0.339 e. The zero-order chi connectivity index (χ0) is 12.3. The number of aromatic nitrogens is 1. The molecule has 0 spiro atoms. The molecule has 0 radical (unpaired) electrons. The van der Waals surface area contributed by atoms with Crippen molar-refractivity contribution in [1.29, 1.82) is 0 Å². The van der Waals surface area contributed by atoms with Gasteiger partial charge in [0.25, 0.3) is 0 Å². The molecule has 0 aliphatic heterocycles. The van der Waals surface area contributed by atoms with E-state index in [1.807, 2.05) is 0 Å². The molecule has 17 heavy (non-hydrogen) atoms. The first-order valence-electron chi connectivity index (χ1n) is 4.90. The highest BCUT2D eigenvalue weighted by atomic mass is 16.4. The van der Waals surface area contributed by atoms with Crippen molar-refractivity contribution in [3.63, 3.8) is 0 Å². The summed E-state index contributed by atoms with van der Waals surface area (Å²) in [6.45, 7) is 0. The predicted molar refractivity (Wildman–Crippen MR) is 62.6 cm³/mol. The van der Waals surface area contributed by atoms with Crippen LogP contribution < -0.4 is 5.32 Å². The molecule has 0 amide bonds. The number of nitrogens with one attached hydrogen (secondary N) is 1. The molecule has 2 rings (SSSR count). The molecule has 5 nitrogen and oxygen atoms in total. The van der Waals surface area contributed by atoms with E-state index in [0.29, 0.717) is 11.4 Å². The predicted octanol–water partition coefficient (Wildman–Crippen LogP) is 2.23. The van der Waals surface area contributed by atoms with Gasteiger partial charge in [0.2, 0.25) is 0 Å². The quantitative estimate of drug-likeness (QED) is 0.753. The molecular weight excluding hydrogens is 220 g/mol. The van der Waals surface area contributed by atoms with Crippen LogP contribution in [0.4, 0.5) is 11.4 Å². The van der Waals surface area contributed by atoms with E-state index < -0.39 is 5.97 Å². The third kappa shape index (κ3) is 2.52. The normalized spacial score (nSPS) is 9.88. The lowest BCUT2D eigenvalue weighted by atomic mass is 10.2. The number of carboxylic acids is 1. The van der Waals surface area contributed by atoms with Gasteiger partial charge in [0.15, 0.2) is 0 Å². The molecule has 1 aromatic heterocycles. The van der Waals surface area contributed by atoms with Crippen LogP contribution in [0.2, 0.25) is 0 Å². The topological polar surface area (TPSA) is 82.5 Å². The molecule has 86 valence electrons. The highest BCUT2D eigenvalue weighted by Crippen LogP contribution is 2.22. The summed E-state index contributed by atoms with van der Waals surface area (Å²) in [5.74, 6) is -0.943. The number of hydrogen-bond acceptors (Lipinski definition) is 4. The molecule has 5 heteroatoms. The Bertz CT molecular complexity index is 555. The summed E-state index contributed by atoms with van der Waals surface area (Å²) in [6, 6.07) is 8.00. The monoisotopic (exact) mass is 230 g/mol. The SMILES string of the molecule is O=C(O)c1cnccc1Nc1cccc(O)c1. The van der Waals surface area contributed by atoms with E-state index in [4.69, 9.17) is 5.11 Å². The minimum absolute atomic E-state index is 0.0795. The summed E-state index contributed by atoms with van der Waals surface area (Å²) >= 11 is 0. The first kappa shape index (κ1) is 10.9. The molecule has 2 aromatic rings. The third-order valence-electron chi connectivity index (χ3n) is 2.18. The van der Waals surface area contributed by atoms with Gasteiger partial charge in [-0.2, -0.15) is 0 Å². The number of carboxylic acid groups (broad SMARTS) is 1. The number of anilines is 2. The molecule has 0 bridgehead atoms. The van der Waals surface area contributed by atoms with Crippen molar-refractivity contribution in [2.24, 2.45) is 0 Å². The second-order valence-corrected chi connectivity index (χ2v) is 3.40. The maximum absolute atomic E-state index is 10.9. The van der Waals surface area contributed by atoms with Gasteiger partial charge in [-0.15, -0.1) is 0 Å². The number of hydrogen-bond donors (Lipinski definition) is 3. The van der Waals surface area contributed by atoms with Crippen LogP contribution in [0.5, 0.6) is 5.75 Å². The highest BCUT2D eigenvalue weighted by molar-refractivity contribution is 5.94. The van der Waals surface area contributed by atoms with E-state index in [-0.39, 0.29) is 11.3 Å². The Morgan fingerprint density at radius 1 is 1.29 bits per heavy atom. The van der Waals surface area contributed by atoms with Gasteiger partial charge in [0.05, 0.1) is 5.69 Å². The van der Waals surface area contributed by atoms with Crippen LogP contribution in [0.3, 0.4) is 0 Å². The van der Waals surface area contributed by atoms with Crippen LogP contribution >= 0.6 is 0 Å². The molecule has 0 saturated heterocycles. The highest BCUT2D eigenvalue weighted by Gasteiger charge is 2.09. The standard InChI is InChI=1S/C12H10N2O3/c15-9-3-1-2-8(6-9)14-11-4-5-13-7-10(11)12(16)17/h1-7,15H,(H,13,14)(H,16,17). The Labute approximate surface area is 97.4 Å². The molecule has 0 fully saturated rings. The molecular formula is C12H10N2O3. The van der Waals surface area contributed by atoms with Crippen molar-refractivity contribution in [2.75, 3.05) is 5.32 Å². The molecule has 1 heterocycles. The number of aromatic carboxylic acids is 1. The van der Waals surface area contributed by atoms with Crippen molar-refractivity contribution in [2.45, 2.75) is 0 Å². The maximum Gasteiger partial charge on any atom is 0.339 e. The summed E-state index contributed by atoms with van der Waals surface area (Å²) in [6.07, 6.45) is 2.77. The van der Waals surface area contributed by atoms with Crippen LogP contribution in [0.1, 0.15) is 10.4 Å². The fourth-order valence-corrected chi connectivity index (χ4v) is 1.41. The number of benzene rings is 1. The summed E-state index contributed by atoms with van der Waals surface area (Å²) in [5, 5.41) is 21.2. The first-order chi connectivity index (χ1) is 8.16. The van der Waals surface area contributed by atoms with Crippen molar-refractivity contribution in [3.05, 3.63) is 48.3 Å². The van der Waals surface area contributed by atoms with Crippen LogP contribution in [0.25, 0.3) is 0 Å². The zero-order valence-electron chi connectivity index (χ0n) is 8.79. The first-order valence-corrected chi connectivity index (χ1v) is 4.90. The zero-order valence-corrected chi connectivity index (χ0v) is 8.79. The van der Waals surface area contributed by atoms with E-state index in [0.717, 1.165) is 0 Å². The molecule has 0 aliphatic rings. The fourth-order valence-electron chi connectivity index (χ4n) is 1.41. The van der Waals surface area contributed by atoms with Crippen molar-refractivity contribution in [3.8, 4) is 5.75 Å². The van der Waals surface area contributed by atoms with Crippen LogP contribution in [-0.4, -0.2) is 21.2 Å². The molecule has 0 unspecified atom stereocenters. The van der Waals surface area contributed by atoms with Crippen LogP contribution in [0.15, 0.2) is 42.7 Å². The van der Waals surface area contributed by atoms with Crippen molar-refractivity contribution in [1.82, 2.24) is 4.98 Å². The molecule has 0 atom stereocenters. The Morgan fingerprint density at radius 3 is 2.82 bits per heavy atom. The van der Waals surface area contributed by atoms with Gasteiger partial charge in [-0.3, -0.25) is 4.98 Å². The lowest BCUT2D eigenvalue weighted by Gasteiger charge is -2.08. The Hall–Kier alpha value is -2.56. The van der Waals surface area contributed by atoms with Gasteiger partial charge in [0, 0.05) is 24.1 Å². The fraction of sp³-hybridized carbons (Fsp3) is 0. The number of nitrogens with zero attached hydrogens (tertiary/aromatic N) is 1. The Morgan fingerprint density at radius 2 is 2.12 bits per heavy atom. The van der Waals surface area contributed by atoms with Gasteiger partial charge in [-0.05, 0) is 18.2 Å². The van der Waals surface area contributed by atoms with Crippen molar-refractivity contribution < 1.29 is 15.0 Å². The van der Waals surface area contributed by atoms with Gasteiger partial charge in [-0.1, -0.05) is 6.07 Å². The largest absolute Gasteiger partial charge is 0.508 e. The molecule has 0 aliphatic carbocycles. The lowest BCUT2D eigenvalue weighted by Crippen LogP contribution is -2.03. The minimum atomic E-state index is -1.05. The van der Waals surface area contributed by atoms with Gasteiger partial charge >= 0.3 is 5.97 Å². The summed E-state index contributed by atoms with van der Waals surface area (Å²) < 4.78 is 0. The second-order valence-electron chi connectivity index (χ2n) is 3.40. The molecule has 0 saturated carbocycles. The van der Waals surface area contributed by atoms with E-state index in [9.17, 15) is 9.90 Å². The van der Waals surface area contributed by atoms with E-state index in [1.165, 1.54) is 24.5 Å². The van der Waals surface area contributed by atoms with Gasteiger partial charge in [0.1, 0.15) is 11.3 Å². The van der Waals surface area contributed by atoms with Crippen LogP contribution in [0, 0.1) is 0 Å². The third-order valence-corrected chi connectivity index (χ3v) is 2.18. The lowest BCUT2D eigenvalue weighted by molar-refractivity contribution is 0.0697. The second kappa shape index (κ2) is 4.52. The van der Waals surface area contributed by atoms with E-state index in [2.05, 4.69) is 10.3 Å². The summed E-state index contributed by atoms with van der Waals surface area (Å²) in [7, 11) is 0. The maximum atomic E-state index is 10.9. The van der Waals surface area contributed by atoms with E-state index in [1.54, 1.807) is 18.2 Å². The number of rotatable bonds is 3. The summed E-state index contributed by atoms with van der Waals surface area (Å²) in [4.78, 5) is 14.7. The molecule has 3 N–H and O–H groups in total.